The van der Waals surface area contributed by atoms with Crippen LogP contribution in [0.1, 0.15) is 31.4 Å². The van der Waals surface area contributed by atoms with Gasteiger partial charge in [-0.1, -0.05) is 37.6 Å². The molecule has 0 radical (unpaired) electrons. The summed E-state index contributed by atoms with van der Waals surface area (Å²) in [5, 5.41) is 1.26. The molecule has 1 aliphatic rings. The number of carbonyl (C=O) groups is 1. The van der Waals surface area contributed by atoms with E-state index >= 15 is 0 Å². The maximum atomic E-state index is 11.1. The Hall–Kier alpha value is -0.680. The van der Waals surface area contributed by atoms with E-state index in [0.717, 1.165) is 12.8 Å². The number of aryl methyl sites for hydroxylation is 2. The Morgan fingerprint density at radius 2 is 1.93 bits per heavy atom. The maximum absolute atomic E-state index is 11.1. The van der Waals surface area contributed by atoms with Crippen LogP contribution in [0.3, 0.4) is 0 Å². The second-order valence-electron chi connectivity index (χ2n) is 3.21. The van der Waals surface area contributed by atoms with E-state index in [4.69, 9.17) is 0 Å². The quantitative estimate of drug-likeness (QED) is 0.599. The first-order valence-electron chi connectivity index (χ1n) is 5.15. The van der Waals surface area contributed by atoms with Crippen molar-refractivity contribution in [1.29, 1.82) is 0 Å². The molecule has 1 aromatic carbocycles. The molecule has 1 atom stereocenters. The highest BCUT2D eigenvalue weighted by molar-refractivity contribution is 7.65. The van der Waals surface area contributed by atoms with Crippen LogP contribution < -0.4 is 5.30 Å². The topological polar surface area (TPSA) is 17.1 Å². The molecule has 2 heteroatoms. The van der Waals surface area contributed by atoms with Crippen LogP contribution in [0.25, 0.3) is 0 Å². The summed E-state index contributed by atoms with van der Waals surface area (Å²) in [5.74, 6) is 0. The van der Waals surface area contributed by atoms with Gasteiger partial charge in [-0.2, -0.15) is 0 Å². The molecule has 0 amide bonds. The lowest BCUT2D eigenvalue weighted by Crippen LogP contribution is -2.14. The second-order valence-corrected chi connectivity index (χ2v) is 4.56. The highest BCUT2D eigenvalue weighted by Gasteiger charge is 2.14. The van der Waals surface area contributed by atoms with Gasteiger partial charge in [0, 0.05) is 6.42 Å². The maximum Gasteiger partial charge on any atom is 0.156 e. The summed E-state index contributed by atoms with van der Waals surface area (Å²) in [6.07, 6.45) is 1.69. The Balaban J connectivity index is 0.000000461. The van der Waals surface area contributed by atoms with Gasteiger partial charge in [0.1, 0.15) is 0 Å². The molecule has 1 aliphatic heterocycles. The van der Waals surface area contributed by atoms with Gasteiger partial charge in [-0.05, 0) is 32.8 Å². The zero-order valence-corrected chi connectivity index (χ0v) is 10.1. The van der Waals surface area contributed by atoms with Crippen LogP contribution in [0.15, 0.2) is 18.2 Å². The molecule has 0 bridgehead atoms. The zero-order chi connectivity index (χ0) is 10.6. The van der Waals surface area contributed by atoms with E-state index in [1.165, 1.54) is 16.4 Å². The molecule has 0 fully saturated rings. The summed E-state index contributed by atoms with van der Waals surface area (Å²) in [4.78, 5) is 11.1. The average Bonchev–Trinajstić information content (AvgIpc) is 2.21. The van der Waals surface area contributed by atoms with Gasteiger partial charge in [0.2, 0.25) is 0 Å². The van der Waals surface area contributed by atoms with Crippen LogP contribution in [0.2, 0.25) is 0 Å². The van der Waals surface area contributed by atoms with Crippen molar-refractivity contribution in [2.24, 2.45) is 0 Å². The lowest BCUT2D eigenvalue weighted by Gasteiger charge is -2.14. The van der Waals surface area contributed by atoms with Crippen molar-refractivity contribution in [3.8, 4) is 0 Å². The Kier molecular flexibility index (Phi) is 4.28. The highest BCUT2D eigenvalue weighted by Crippen LogP contribution is 2.24. The van der Waals surface area contributed by atoms with Crippen LogP contribution in [-0.2, 0) is 11.2 Å². The minimum atomic E-state index is 0.404. The predicted octanol–water partition coefficient (Wildman–Crippen LogP) is 2.80. The highest BCUT2D eigenvalue weighted by atomic mass is 31.1. The van der Waals surface area contributed by atoms with Gasteiger partial charge in [0.25, 0.3) is 0 Å². The zero-order valence-electron chi connectivity index (χ0n) is 9.05. The first kappa shape index (κ1) is 11.4. The Morgan fingerprint density at radius 3 is 2.64 bits per heavy atom. The summed E-state index contributed by atoms with van der Waals surface area (Å²) in [6, 6.07) is 6.39. The number of rotatable bonds is 0. The van der Waals surface area contributed by atoms with Crippen LogP contribution in [0.5, 0.6) is 0 Å². The lowest BCUT2D eigenvalue weighted by molar-refractivity contribution is -0.111. The van der Waals surface area contributed by atoms with E-state index in [2.05, 4.69) is 25.1 Å². The third-order valence-electron chi connectivity index (χ3n) is 2.16. The van der Waals surface area contributed by atoms with E-state index in [9.17, 15) is 4.79 Å². The van der Waals surface area contributed by atoms with Crippen LogP contribution in [0, 0.1) is 6.92 Å². The van der Waals surface area contributed by atoms with E-state index in [1.54, 1.807) is 0 Å². The van der Waals surface area contributed by atoms with E-state index in [0.29, 0.717) is 14.1 Å². The first-order chi connectivity index (χ1) is 6.75. The van der Waals surface area contributed by atoms with Crippen molar-refractivity contribution < 1.29 is 4.79 Å². The van der Waals surface area contributed by atoms with E-state index < -0.39 is 0 Å². The average molecular weight is 208 g/mol. The molecule has 1 unspecified atom stereocenters. The predicted molar refractivity (Wildman–Crippen MR) is 63.8 cm³/mol. The summed E-state index contributed by atoms with van der Waals surface area (Å²) < 4.78 is 0. The SMILES string of the molecule is CC.Cc1ccc2c(c1)CCC(=O)P2. The van der Waals surface area contributed by atoms with E-state index in [-0.39, 0.29) is 0 Å². The molecule has 0 aliphatic carbocycles. The molecule has 0 aromatic heterocycles. The summed E-state index contributed by atoms with van der Waals surface area (Å²) in [7, 11) is 0.404. The van der Waals surface area contributed by atoms with Crippen LogP contribution >= 0.6 is 8.58 Å². The number of carbonyl (C=O) groups excluding carboxylic acids is 1. The number of fused-ring (bicyclic) bond motifs is 1. The third kappa shape index (κ3) is 2.65. The molecular weight excluding hydrogens is 191 g/mol. The molecule has 1 heterocycles. The fraction of sp³-hybridized carbons (Fsp3) is 0.417. The Bertz CT molecular complexity index is 331. The standard InChI is InChI=1S/C10H11OP.C2H6/c1-7-2-4-9-8(6-7)3-5-10(11)12-9;1-2/h2,4,6,12H,3,5H2,1H3;1-2H3. The fourth-order valence-electron chi connectivity index (χ4n) is 1.51. The number of benzene rings is 1. The van der Waals surface area contributed by atoms with E-state index in [1.807, 2.05) is 13.8 Å². The van der Waals surface area contributed by atoms with Gasteiger partial charge >= 0.3 is 0 Å². The van der Waals surface area contributed by atoms with Crippen molar-refractivity contribution in [2.75, 3.05) is 0 Å². The monoisotopic (exact) mass is 208 g/mol. The van der Waals surface area contributed by atoms with Gasteiger partial charge in [-0.15, -0.1) is 0 Å². The Labute approximate surface area is 87.7 Å². The van der Waals surface area contributed by atoms with Crippen molar-refractivity contribution in [3.05, 3.63) is 29.3 Å². The third-order valence-corrected chi connectivity index (χ3v) is 3.44. The van der Waals surface area contributed by atoms with Gasteiger partial charge in [-0.25, -0.2) is 0 Å². The molecular formula is C12H17OP. The number of hydrogen-bond acceptors (Lipinski definition) is 1. The van der Waals surface area contributed by atoms with Crippen LogP contribution in [0.4, 0.5) is 0 Å². The number of hydrogen-bond donors (Lipinski definition) is 0. The van der Waals surface area contributed by atoms with Crippen molar-refractivity contribution in [3.63, 3.8) is 0 Å². The van der Waals surface area contributed by atoms with Crippen molar-refractivity contribution >= 4 is 19.4 Å². The van der Waals surface area contributed by atoms with Gasteiger partial charge in [0.15, 0.2) is 5.52 Å². The molecule has 0 saturated heterocycles. The van der Waals surface area contributed by atoms with Crippen LogP contribution in [-0.4, -0.2) is 5.52 Å². The molecule has 0 spiro atoms. The molecule has 0 N–H and O–H groups in total. The largest absolute Gasteiger partial charge is 0.295 e. The molecule has 14 heavy (non-hydrogen) atoms. The minimum Gasteiger partial charge on any atom is -0.295 e. The smallest absolute Gasteiger partial charge is 0.156 e. The lowest BCUT2D eigenvalue weighted by atomic mass is 10.1. The second kappa shape index (κ2) is 5.26. The van der Waals surface area contributed by atoms with Gasteiger partial charge in [0.05, 0.1) is 0 Å². The molecule has 76 valence electrons. The molecule has 1 nitrogen and oxygen atoms in total. The van der Waals surface area contributed by atoms with Crippen molar-refractivity contribution in [1.82, 2.24) is 0 Å². The Morgan fingerprint density at radius 1 is 1.21 bits per heavy atom. The normalized spacial score (nSPS) is 15.8. The minimum absolute atomic E-state index is 0.404. The molecule has 0 saturated carbocycles. The van der Waals surface area contributed by atoms with Gasteiger partial charge in [-0.3, -0.25) is 4.79 Å². The molecule has 2 rings (SSSR count). The van der Waals surface area contributed by atoms with Gasteiger partial charge < -0.3 is 0 Å². The summed E-state index contributed by atoms with van der Waals surface area (Å²) in [6.45, 7) is 6.10. The first-order valence-corrected chi connectivity index (χ1v) is 6.15. The summed E-state index contributed by atoms with van der Waals surface area (Å²) in [5.41, 5.74) is 3.09. The molecule has 1 aromatic rings. The summed E-state index contributed by atoms with van der Waals surface area (Å²) >= 11 is 0. The van der Waals surface area contributed by atoms with Crippen molar-refractivity contribution in [2.45, 2.75) is 33.6 Å². The fourth-order valence-corrected chi connectivity index (χ4v) is 2.59.